The first-order valence-electron chi connectivity index (χ1n) is 11.1. The lowest BCUT2D eigenvalue weighted by Gasteiger charge is -2.18. The molecule has 0 bridgehead atoms. The van der Waals surface area contributed by atoms with Crippen LogP contribution in [-0.4, -0.2) is 34.6 Å². The van der Waals surface area contributed by atoms with Gasteiger partial charge in [0.1, 0.15) is 5.56 Å². The van der Waals surface area contributed by atoms with Crippen molar-refractivity contribution in [3.05, 3.63) is 74.4 Å². The van der Waals surface area contributed by atoms with Crippen LogP contribution in [0.15, 0.2) is 61.9 Å². The zero-order valence-corrected chi connectivity index (χ0v) is 20.1. The van der Waals surface area contributed by atoms with E-state index in [-0.39, 0.29) is 16.7 Å². The summed E-state index contributed by atoms with van der Waals surface area (Å²) in [7, 11) is 3.17. The van der Waals surface area contributed by atoms with Crippen LogP contribution in [0.25, 0.3) is 0 Å². The van der Waals surface area contributed by atoms with Gasteiger partial charge in [0, 0.05) is 23.1 Å². The number of aliphatic imine (C=N–C) groups is 1. The molecule has 0 saturated carbocycles. The smallest absolute Gasteiger partial charge is 0.331 e. The van der Waals surface area contributed by atoms with Crippen molar-refractivity contribution in [2.75, 3.05) is 14.2 Å². The average molecular weight is 482 g/mol. The number of nitrogens with one attached hydrogen (secondary N) is 1. The molecule has 1 aromatic heterocycles. The van der Waals surface area contributed by atoms with Crippen molar-refractivity contribution in [1.82, 2.24) is 9.55 Å². The number of aromatic hydroxyl groups is 1. The van der Waals surface area contributed by atoms with E-state index in [1.807, 2.05) is 49.4 Å². The summed E-state index contributed by atoms with van der Waals surface area (Å²) in [4.78, 5) is 33.3. The first kappa shape index (κ1) is 23.7. The summed E-state index contributed by atoms with van der Waals surface area (Å²) >= 11 is 1.62. The van der Waals surface area contributed by atoms with E-state index in [9.17, 15) is 14.7 Å². The van der Waals surface area contributed by atoms with Crippen molar-refractivity contribution in [3.8, 4) is 17.4 Å². The fourth-order valence-corrected chi connectivity index (χ4v) is 5.17. The first-order chi connectivity index (χ1) is 16.5. The number of aromatic amines is 1. The molecular weight excluding hydrogens is 454 g/mol. The number of ether oxygens (including phenoxy) is 2. The molecule has 0 fully saturated rings. The summed E-state index contributed by atoms with van der Waals surface area (Å²) in [6.07, 6.45) is 1.89. The van der Waals surface area contributed by atoms with Crippen LogP contribution in [0, 0.1) is 0 Å². The van der Waals surface area contributed by atoms with Gasteiger partial charge < -0.3 is 14.6 Å². The van der Waals surface area contributed by atoms with Gasteiger partial charge in [-0.25, -0.2) is 4.79 Å². The maximum Gasteiger partial charge on any atom is 0.331 e. The van der Waals surface area contributed by atoms with Crippen LogP contribution in [0.2, 0.25) is 0 Å². The van der Waals surface area contributed by atoms with Gasteiger partial charge in [-0.15, -0.1) is 11.8 Å². The van der Waals surface area contributed by atoms with Gasteiger partial charge in [0.2, 0.25) is 5.88 Å². The maximum atomic E-state index is 12.9. The molecule has 8 nitrogen and oxygen atoms in total. The Morgan fingerprint density at radius 1 is 1.15 bits per heavy atom. The van der Waals surface area contributed by atoms with Crippen LogP contribution in [0.5, 0.6) is 17.4 Å². The largest absolute Gasteiger partial charge is 0.494 e. The van der Waals surface area contributed by atoms with Gasteiger partial charge in [0.05, 0.1) is 25.6 Å². The molecule has 1 unspecified atom stereocenters. The van der Waals surface area contributed by atoms with E-state index >= 15 is 0 Å². The monoisotopic (exact) mass is 481 g/mol. The molecule has 1 atom stereocenters. The van der Waals surface area contributed by atoms with Crippen molar-refractivity contribution < 1.29 is 14.6 Å². The number of benzene rings is 2. The lowest BCUT2D eigenvalue weighted by atomic mass is 10.0. The number of para-hydroxylation sites is 1. The second-order valence-electron chi connectivity index (χ2n) is 7.91. The van der Waals surface area contributed by atoms with Crippen LogP contribution in [0.4, 0.5) is 5.69 Å². The molecule has 1 aliphatic rings. The highest BCUT2D eigenvalue weighted by Crippen LogP contribution is 2.47. The number of methoxy groups -OCH3 is 2. The molecule has 2 aromatic carbocycles. The Balaban J connectivity index is 1.86. The summed E-state index contributed by atoms with van der Waals surface area (Å²) in [6, 6.07) is 13.4. The predicted octanol–water partition coefficient (Wildman–Crippen LogP) is 4.42. The third-order valence-electron chi connectivity index (χ3n) is 5.74. The molecule has 0 spiro atoms. The Morgan fingerprint density at radius 2 is 1.91 bits per heavy atom. The van der Waals surface area contributed by atoms with Crippen molar-refractivity contribution in [2.24, 2.45) is 4.99 Å². The Morgan fingerprint density at radius 3 is 2.65 bits per heavy atom. The van der Waals surface area contributed by atoms with E-state index in [4.69, 9.17) is 14.5 Å². The molecular formula is C25H27N3O5S. The van der Waals surface area contributed by atoms with E-state index in [1.54, 1.807) is 26.0 Å². The molecule has 3 aromatic rings. The standard InChI is InChI=1S/C25H27N3O5S/c1-4-5-12-28-24(30)22(23(29)27-25(28)31)17-14-21(34-20-9-7-6-8-16(20)26-17)15-10-11-18(32-2)19(13-15)33-3/h6-11,13,21,30H,4-5,12,14H2,1-3H3,(H,27,29,31). The molecule has 2 heterocycles. The minimum atomic E-state index is -0.649. The highest BCUT2D eigenvalue weighted by Gasteiger charge is 2.27. The number of fused-ring (bicyclic) bond motifs is 1. The lowest BCUT2D eigenvalue weighted by molar-refractivity contribution is 0.354. The molecule has 0 saturated heterocycles. The Bertz CT molecular complexity index is 1350. The van der Waals surface area contributed by atoms with Crippen LogP contribution in [-0.2, 0) is 6.54 Å². The van der Waals surface area contributed by atoms with Gasteiger partial charge in [0.25, 0.3) is 5.56 Å². The summed E-state index contributed by atoms with van der Waals surface area (Å²) in [6.45, 7) is 2.30. The number of aromatic nitrogens is 2. The molecule has 0 aliphatic carbocycles. The SMILES string of the molecule is CCCCn1c(O)c(C2=Nc3ccccc3SC(c3ccc(OC)c(OC)c3)C2)c(=O)[nH]c1=O. The highest BCUT2D eigenvalue weighted by atomic mass is 32.2. The summed E-state index contributed by atoms with van der Waals surface area (Å²) in [5.41, 5.74) is 0.835. The number of rotatable bonds is 7. The molecule has 178 valence electrons. The molecule has 0 amide bonds. The Kier molecular flexibility index (Phi) is 7.12. The molecule has 9 heteroatoms. The minimum Gasteiger partial charge on any atom is -0.494 e. The number of nitrogens with zero attached hydrogens (tertiary/aromatic N) is 2. The summed E-state index contributed by atoms with van der Waals surface area (Å²) in [5, 5.41) is 10.9. The second kappa shape index (κ2) is 10.2. The lowest BCUT2D eigenvalue weighted by Crippen LogP contribution is -2.34. The van der Waals surface area contributed by atoms with Gasteiger partial charge in [-0.1, -0.05) is 31.5 Å². The second-order valence-corrected chi connectivity index (χ2v) is 9.16. The quantitative estimate of drug-likeness (QED) is 0.518. The third-order valence-corrected chi connectivity index (χ3v) is 7.07. The molecule has 2 N–H and O–H groups in total. The van der Waals surface area contributed by atoms with E-state index in [0.717, 1.165) is 16.9 Å². The number of thioether (sulfide) groups is 1. The maximum absolute atomic E-state index is 12.9. The Labute approximate surface area is 201 Å². The number of unbranched alkanes of at least 4 members (excludes halogenated alkanes) is 1. The fraction of sp³-hybridized carbons (Fsp3) is 0.320. The fourth-order valence-electron chi connectivity index (χ4n) is 3.95. The average Bonchev–Trinajstić information content (AvgIpc) is 3.03. The third kappa shape index (κ3) is 4.61. The molecule has 34 heavy (non-hydrogen) atoms. The van der Waals surface area contributed by atoms with Crippen molar-refractivity contribution in [2.45, 2.75) is 42.9 Å². The van der Waals surface area contributed by atoms with E-state index < -0.39 is 11.2 Å². The van der Waals surface area contributed by atoms with Crippen LogP contribution >= 0.6 is 11.8 Å². The minimum absolute atomic E-state index is 0.0264. The number of H-pyrrole nitrogens is 1. The van der Waals surface area contributed by atoms with Gasteiger partial charge in [-0.2, -0.15) is 0 Å². The highest BCUT2D eigenvalue weighted by molar-refractivity contribution is 7.99. The van der Waals surface area contributed by atoms with Gasteiger partial charge >= 0.3 is 5.69 Å². The predicted molar refractivity (Wildman–Crippen MR) is 133 cm³/mol. The zero-order valence-electron chi connectivity index (χ0n) is 19.3. The van der Waals surface area contributed by atoms with Crippen molar-refractivity contribution in [1.29, 1.82) is 0 Å². The molecule has 0 radical (unpaired) electrons. The first-order valence-corrected chi connectivity index (χ1v) is 12.0. The van der Waals surface area contributed by atoms with Crippen molar-refractivity contribution in [3.63, 3.8) is 0 Å². The van der Waals surface area contributed by atoms with Gasteiger partial charge in [0.15, 0.2) is 11.5 Å². The zero-order chi connectivity index (χ0) is 24.2. The molecule has 4 rings (SSSR count). The van der Waals surface area contributed by atoms with E-state index in [1.165, 1.54) is 4.57 Å². The topological polar surface area (TPSA) is 106 Å². The van der Waals surface area contributed by atoms with Crippen molar-refractivity contribution >= 4 is 23.2 Å². The van der Waals surface area contributed by atoms with Crippen LogP contribution in [0.1, 0.15) is 42.6 Å². The van der Waals surface area contributed by atoms with Crippen LogP contribution < -0.4 is 20.7 Å². The summed E-state index contributed by atoms with van der Waals surface area (Å²) in [5.74, 6) is 0.873. The van der Waals surface area contributed by atoms with E-state index in [0.29, 0.717) is 42.3 Å². The normalized spacial score (nSPS) is 15.3. The number of hydrogen-bond donors (Lipinski definition) is 2. The molecule has 1 aliphatic heterocycles. The number of hydrogen-bond acceptors (Lipinski definition) is 7. The van der Waals surface area contributed by atoms with Crippen LogP contribution in [0.3, 0.4) is 0 Å². The van der Waals surface area contributed by atoms with Gasteiger partial charge in [-0.3, -0.25) is 19.3 Å². The van der Waals surface area contributed by atoms with E-state index in [2.05, 4.69) is 4.98 Å². The van der Waals surface area contributed by atoms with Gasteiger partial charge in [-0.05, 0) is 36.2 Å². The summed E-state index contributed by atoms with van der Waals surface area (Å²) < 4.78 is 12.1. The Hall–Kier alpha value is -3.46.